The molecule has 1 aromatic heterocycles. The topological polar surface area (TPSA) is 51.7 Å². The molecular formula is C24H25BrN2O3. The molecule has 1 aliphatic heterocycles. The van der Waals surface area contributed by atoms with E-state index in [0.29, 0.717) is 25.3 Å². The summed E-state index contributed by atoms with van der Waals surface area (Å²) < 4.78 is 12.3. The summed E-state index contributed by atoms with van der Waals surface area (Å²) >= 11 is 3.53. The van der Waals surface area contributed by atoms with Gasteiger partial charge in [0.25, 0.3) is 5.91 Å². The van der Waals surface area contributed by atoms with E-state index >= 15 is 0 Å². The van der Waals surface area contributed by atoms with Crippen LogP contribution in [0.4, 0.5) is 0 Å². The highest BCUT2D eigenvalue weighted by atomic mass is 79.9. The van der Waals surface area contributed by atoms with Crippen molar-refractivity contribution in [3.63, 3.8) is 0 Å². The van der Waals surface area contributed by atoms with E-state index in [1.807, 2.05) is 74.2 Å². The number of carbonyl (C=O) groups excluding carboxylic acids is 1. The molecule has 0 bridgehead atoms. The summed E-state index contributed by atoms with van der Waals surface area (Å²) in [5.74, 6) is 0.827. The molecule has 2 heterocycles. The molecule has 2 aromatic carbocycles. The summed E-state index contributed by atoms with van der Waals surface area (Å²) in [6, 6.07) is 15.6. The fourth-order valence-corrected chi connectivity index (χ4v) is 4.29. The average Bonchev–Trinajstić information content (AvgIpc) is 2.72. The van der Waals surface area contributed by atoms with E-state index in [0.717, 1.165) is 32.4 Å². The first-order valence-corrected chi connectivity index (χ1v) is 11.0. The van der Waals surface area contributed by atoms with Crippen LogP contribution in [0.5, 0.6) is 5.75 Å². The minimum absolute atomic E-state index is 0.00897. The van der Waals surface area contributed by atoms with Crippen LogP contribution in [0.25, 0.3) is 22.2 Å². The molecule has 30 heavy (non-hydrogen) atoms. The summed E-state index contributed by atoms with van der Waals surface area (Å²) in [7, 11) is 0. The number of hydrogen-bond acceptors (Lipinski definition) is 4. The van der Waals surface area contributed by atoms with E-state index in [1.165, 1.54) is 0 Å². The Morgan fingerprint density at radius 2 is 1.83 bits per heavy atom. The number of benzene rings is 2. The number of halogens is 1. The van der Waals surface area contributed by atoms with E-state index in [9.17, 15) is 4.79 Å². The normalized spacial score (nSPS) is 19.1. The number of morpholine rings is 1. The lowest BCUT2D eigenvalue weighted by atomic mass is 10.0. The molecule has 0 unspecified atom stereocenters. The maximum absolute atomic E-state index is 13.5. The van der Waals surface area contributed by atoms with Crippen LogP contribution in [-0.2, 0) is 4.74 Å². The highest BCUT2D eigenvalue weighted by Gasteiger charge is 2.28. The number of fused-ring (bicyclic) bond motifs is 1. The van der Waals surface area contributed by atoms with Crippen molar-refractivity contribution in [2.24, 2.45) is 0 Å². The van der Waals surface area contributed by atoms with Crippen LogP contribution in [0, 0.1) is 0 Å². The molecule has 1 saturated heterocycles. The Morgan fingerprint density at radius 3 is 2.50 bits per heavy atom. The van der Waals surface area contributed by atoms with Gasteiger partial charge in [0.15, 0.2) is 0 Å². The van der Waals surface area contributed by atoms with Gasteiger partial charge in [-0.05, 0) is 69.3 Å². The molecule has 0 spiro atoms. The summed E-state index contributed by atoms with van der Waals surface area (Å²) in [5, 5.41) is 0.843. The second-order valence-corrected chi connectivity index (χ2v) is 8.56. The zero-order valence-corrected chi connectivity index (χ0v) is 19.0. The predicted molar refractivity (Wildman–Crippen MR) is 122 cm³/mol. The summed E-state index contributed by atoms with van der Waals surface area (Å²) in [5.41, 5.74) is 3.17. The molecule has 0 N–H and O–H groups in total. The molecule has 156 valence electrons. The largest absolute Gasteiger partial charge is 0.494 e. The molecular weight excluding hydrogens is 444 g/mol. The van der Waals surface area contributed by atoms with Gasteiger partial charge in [0.05, 0.1) is 35.6 Å². The minimum Gasteiger partial charge on any atom is -0.494 e. The van der Waals surface area contributed by atoms with Gasteiger partial charge in [-0.3, -0.25) is 4.79 Å². The number of nitrogens with zero attached hydrogens (tertiary/aromatic N) is 2. The average molecular weight is 469 g/mol. The smallest absolute Gasteiger partial charge is 0.254 e. The number of carbonyl (C=O) groups is 1. The number of aromatic nitrogens is 1. The van der Waals surface area contributed by atoms with Gasteiger partial charge >= 0.3 is 0 Å². The van der Waals surface area contributed by atoms with E-state index in [-0.39, 0.29) is 18.1 Å². The zero-order chi connectivity index (χ0) is 21.3. The Bertz CT molecular complexity index is 1060. The maximum Gasteiger partial charge on any atom is 0.254 e. The molecule has 2 atom stereocenters. The SMILES string of the molecule is CCOc1ccc(-c2cc(C(=O)N3C[C@H](C)O[C@@H](C)C3)c3cc(Br)ccc3n2)cc1. The Morgan fingerprint density at radius 1 is 1.13 bits per heavy atom. The predicted octanol–water partition coefficient (Wildman–Crippen LogP) is 5.31. The lowest BCUT2D eigenvalue weighted by Crippen LogP contribution is -2.48. The van der Waals surface area contributed by atoms with Gasteiger partial charge in [-0.1, -0.05) is 15.9 Å². The van der Waals surface area contributed by atoms with Crippen LogP contribution in [0.2, 0.25) is 0 Å². The quantitative estimate of drug-likeness (QED) is 0.520. The number of hydrogen-bond donors (Lipinski definition) is 0. The number of ether oxygens (including phenoxy) is 2. The molecule has 1 fully saturated rings. The number of rotatable bonds is 4. The van der Waals surface area contributed by atoms with Crippen molar-refractivity contribution in [3.05, 3.63) is 58.6 Å². The molecule has 6 heteroatoms. The van der Waals surface area contributed by atoms with Crippen LogP contribution in [0.3, 0.4) is 0 Å². The number of pyridine rings is 1. The van der Waals surface area contributed by atoms with E-state index in [1.54, 1.807) is 0 Å². The van der Waals surface area contributed by atoms with Gasteiger partial charge in [0, 0.05) is 28.5 Å². The lowest BCUT2D eigenvalue weighted by molar-refractivity contribution is -0.0585. The van der Waals surface area contributed by atoms with Gasteiger partial charge in [-0.15, -0.1) is 0 Å². The molecule has 3 aromatic rings. The number of amides is 1. The van der Waals surface area contributed by atoms with Gasteiger partial charge in [-0.25, -0.2) is 4.98 Å². The fourth-order valence-electron chi connectivity index (χ4n) is 3.93. The van der Waals surface area contributed by atoms with Gasteiger partial charge in [-0.2, -0.15) is 0 Å². The third-order valence-electron chi connectivity index (χ3n) is 5.17. The van der Waals surface area contributed by atoms with Crippen molar-refractivity contribution in [1.82, 2.24) is 9.88 Å². The molecule has 0 aliphatic carbocycles. The first kappa shape index (κ1) is 20.8. The van der Waals surface area contributed by atoms with Crippen LogP contribution < -0.4 is 4.74 Å². The minimum atomic E-state index is 0.00897. The third kappa shape index (κ3) is 4.35. The van der Waals surface area contributed by atoms with Crippen molar-refractivity contribution in [1.29, 1.82) is 0 Å². The standard InChI is InChI=1S/C24H25BrN2O3/c1-4-29-19-8-5-17(6-9-19)23-12-21(20-11-18(25)7-10-22(20)26-23)24(28)27-13-15(2)30-16(3)14-27/h5-12,15-16H,4,13-14H2,1-3H3/t15-,16-/m0/s1. The summed E-state index contributed by atoms with van der Waals surface area (Å²) in [6.07, 6.45) is 0.0336. The van der Waals surface area contributed by atoms with Crippen molar-refractivity contribution >= 4 is 32.7 Å². The molecule has 5 nitrogen and oxygen atoms in total. The second-order valence-electron chi connectivity index (χ2n) is 7.64. The van der Waals surface area contributed by atoms with Crippen LogP contribution >= 0.6 is 15.9 Å². The first-order valence-electron chi connectivity index (χ1n) is 10.2. The highest BCUT2D eigenvalue weighted by molar-refractivity contribution is 9.10. The van der Waals surface area contributed by atoms with Crippen molar-refractivity contribution < 1.29 is 14.3 Å². The van der Waals surface area contributed by atoms with Gasteiger partial charge in [0.1, 0.15) is 5.75 Å². The van der Waals surface area contributed by atoms with Gasteiger partial charge < -0.3 is 14.4 Å². The Labute approximate surface area is 185 Å². The van der Waals surface area contributed by atoms with Crippen LogP contribution in [0.15, 0.2) is 53.0 Å². The molecule has 1 amide bonds. The van der Waals surface area contributed by atoms with Crippen molar-refractivity contribution in [2.45, 2.75) is 33.0 Å². The first-order chi connectivity index (χ1) is 14.4. The molecule has 1 aliphatic rings. The monoisotopic (exact) mass is 468 g/mol. The van der Waals surface area contributed by atoms with Crippen molar-refractivity contribution in [2.75, 3.05) is 19.7 Å². The second kappa shape index (κ2) is 8.74. The van der Waals surface area contributed by atoms with E-state index in [2.05, 4.69) is 15.9 Å². The van der Waals surface area contributed by atoms with Gasteiger partial charge in [0.2, 0.25) is 0 Å². The molecule has 4 rings (SSSR count). The van der Waals surface area contributed by atoms with E-state index < -0.39 is 0 Å². The third-order valence-corrected chi connectivity index (χ3v) is 5.66. The maximum atomic E-state index is 13.5. The molecule has 0 saturated carbocycles. The fraction of sp³-hybridized carbons (Fsp3) is 0.333. The van der Waals surface area contributed by atoms with Crippen LogP contribution in [0.1, 0.15) is 31.1 Å². The Hall–Kier alpha value is -2.44. The summed E-state index contributed by atoms with van der Waals surface area (Å²) in [4.78, 5) is 20.3. The molecule has 0 radical (unpaired) electrons. The zero-order valence-electron chi connectivity index (χ0n) is 17.4. The summed E-state index contributed by atoms with van der Waals surface area (Å²) in [6.45, 7) is 7.75. The Balaban J connectivity index is 1.79. The van der Waals surface area contributed by atoms with Crippen LogP contribution in [-0.4, -0.2) is 47.7 Å². The van der Waals surface area contributed by atoms with E-state index in [4.69, 9.17) is 14.5 Å². The highest BCUT2D eigenvalue weighted by Crippen LogP contribution is 2.29. The van der Waals surface area contributed by atoms with Crippen molar-refractivity contribution in [3.8, 4) is 17.0 Å². The Kier molecular flexibility index (Phi) is 6.06. The lowest BCUT2D eigenvalue weighted by Gasteiger charge is -2.35.